The highest BCUT2D eigenvalue weighted by Gasteiger charge is 2.61. The molecule has 4 nitrogen and oxygen atoms in total. The molecule has 4 rings (SSSR count). The highest BCUT2D eigenvalue weighted by atomic mass is 16.5. The summed E-state index contributed by atoms with van der Waals surface area (Å²) in [6, 6.07) is 0. The molecule has 4 fully saturated rings. The molecule has 0 amide bonds. The van der Waals surface area contributed by atoms with Crippen molar-refractivity contribution in [2.75, 3.05) is 0 Å². The summed E-state index contributed by atoms with van der Waals surface area (Å²) in [5.41, 5.74) is 0.561. The van der Waals surface area contributed by atoms with Gasteiger partial charge in [0.2, 0.25) is 0 Å². The van der Waals surface area contributed by atoms with Crippen molar-refractivity contribution < 1.29 is 19.1 Å². The van der Waals surface area contributed by atoms with E-state index in [-0.39, 0.29) is 29.6 Å². The smallest absolute Gasteiger partial charge is 0.302 e. The van der Waals surface area contributed by atoms with Gasteiger partial charge >= 0.3 is 11.9 Å². The van der Waals surface area contributed by atoms with Crippen molar-refractivity contribution in [1.29, 1.82) is 0 Å². The summed E-state index contributed by atoms with van der Waals surface area (Å²) in [6.45, 7) is 8.00. The number of ether oxygens (including phenoxy) is 2. The highest BCUT2D eigenvalue weighted by molar-refractivity contribution is 5.66. The summed E-state index contributed by atoms with van der Waals surface area (Å²) in [6.07, 6.45) is 10.8. The van der Waals surface area contributed by atoms with Crippen LogP contribution in [0.4, 0.5) is 0 Å². The molecule has 27 heavy (non-hydrogen) atoms. The van der Waals surface area contributed by atoms with Crippen LogP contribution in [-0.2, 0) is 19.1 Å². The van der Waals surface area contributed by atoms with Gasteiger partial charge in [-0.25, -0.2) is 0 Å². The molecule has 152 valence electrons. The van der Waals surface area contributed by atoms with Crippen molar-refractivity contribution in [3.8, 4) is 0 Å². The Balaban J connectivity index is 1.51. The van der Waals surface area contributed by atoms with Crippen LogP contribution in [0.25, 0.3) is 0 Å². The van der Waals surface area contributed by atoms with Gasteiger partial charge in [0.05, 0.1) is 0 Å². The van der Waals surface area contributed by atoms with Crippen LogP contribution in [-0.4, -0.2) is 24.1 Å². The molecule has 0 heterocycles. The van der Waals surface area contributed by atoms with Crippen LogP contribution in [0.1, 0.15) is 85.5 Å². The van der Waals surface area contributed by atoms with E-state index in [4.69, 9.17) is 9.47 Å². The minimum atomic E-state index is -0.131. The highest BCUT2D eigenvalue weighted by Crippen LogP contribution is 2.66. The van der Waals surface area contributed by atoms with Crippen molar-refractivity contribution in [3.05, 3.63) is 0 Å². The Morgan fingerprint density at radius 1 is 0.778 bits per heavy atom. The lowest BCUT2D eigenvalue weighted by Gasteiger charge is -2.60. The Kier molecular flexibility index (Phi) is 4.83. The molecule has 0 N–H and O–H groups in total. The normalized spacial score (nSPS) is 48.7. The van der Waals surface area contributed by atoms with Gasteiger partial charge in [-0.3, -0.25) is 9.59 Å². The Hall–Kier alpha value is -1.06. The topological polar surface area (TPSA) is 52.6 Å². The zero-order valence-corrected chi connectivity index (χ0v) is 17.5. The Labute approximate surface area is 163 Å². The molecule has 0 aliphatic heterocycles. The third-order valence-electron chi connectivity index (χ3n) is 9.17. The molecule has 8 atom stereocenters. The van der Waals surface area contributed by atoms with Gasteiger partial charge in [0.1, 0.15) is 12.2 Å². The van der Waals surface area contributed by atoms with E-state index in [2.05, 4.69) is 13.8 Å². The largest absolute Gasteiger partial charge is 0.463 e. The summed E-state index contributed by atoms with van der Waals surface area (Å²) in [5, 5.41) is 0. The van der Waals surface area contributed by atoms with Gasteiger partial charge in [-0.05, 0) is 86.9 Å². The number of carbonyl (C=O) groups excluding carboxylic acids is 2. The number of fused-ring (bicyclic) bond motifs is 5. The van der Waals surface area contributed by atoms with Crippen LogP contribution in [0, 0.1) is 34.5 Å². The average Bonchev–Trinajstić information content (AvgIpc) is 2.91. The lowest BCUT2D eigenvalue weighted by atomic mass is 9.45. The fraction of sp³-hybridized carbons (Fsp3) is 0.913. The van der Waals surface area contributed by atoms with Gasteiger partial charge in [-0.15, -0.1) is 0 Å². The first-order valence-corrected chi connectivity index (χ1v) is 11.1. The molecule has 0 radical (unpaired) electrons. The first-order chi connectivity index (χ1) is 12.7. The Morgan fingerprint density at radius 2 is 1.44 bits per heavy atom. The third-order valence-corrected chi connectivity index (χ3v) is 9.17. The van der Waals surface area contributed by atoms with Crippen LogP contribution < -0.4 is 0 Å². The van der Waals surface area contributed by atoms with E-state index in [1.807, 2.05) is 0 Å². The van der Waals surface area contributed by atoms with Crippen molar-refractivity contribution in [1.82, 2.24) is 0 Å². The maximum atomic E-state index is 11.6. The van der Waals surface area contributed by atoms with E-state index in [9.17, 15) is 9.59 Å². The standard InChI is InChI=1S/C23H36O4/c1-14(24)26-17-9-11-22(3)16(13-17)5-6-18-19-7-8-21(27-15(2)25)23(19,4)12-10-20(18)22/h16-21H,5-13H2,1-4H3/t16-,17-,18-,19-,20-,21-,22-,23-/m0/s1. The van der Waals surface area contributed by atoms with Gasteiger partial charge in [-0.2, -0.15) is 0 Å². The first-order valence-electron chi connectivity index (χ1n) is 11.1. The van der Waals surface area contributed by atoms with Gasteiger partial charge in [0, 0.05) is 19.3 Å². The molecular formula is C23H36O4. The minimum absolute atomic E-state index is 0.117. The number of esters is 2. The van der Waals surface area contributed by atoms with E-state index >= 15 is 0 Å². The molecule has 4 saturated carbocycles. The van der Waals surface area contributed by atoms with Crippen molar-refractivity contribution in [3.63, 3.8) is 0 Å². The van der Waals surface area contributed by atoms with Crippen molar-refractivity contribution in [2.45, 2.75) is 97.7 Å². The monoisotopic (exact) mass is 376 g/mol. The number of hydrogen-bond donors (Lipinski definition) is 0. The minimum Gasteiger partial charge on any atom is -0.463 e. The van der Waals surface area contributed by atoms with Crippen LogP contribution >= 0.6 is 0 Å². The zero-order valence-electron chi connectivity index (χ0n) is 17.5. The predicted octanol–water partition coefficient (Wildman–Crippen LogP) is 4.89. The van der Waals surface area contributed by atoms with Crippen LogP contribution in [0.15, 0.2) is 0 Å². The summed E-state index contributed by atoms with van der Waals surface area (Å²) in [4.78, 5) is 23.0. The predicted molar refractivity (Wildman–Crippen MR) is 103 cm³/mol. The van der Waals surface area contributed by atoms with E-state index in [1.165, 1.54) is 45.4 Å². The molecule has 4 heteroatoms. The lowest BCUT2D eigenvalue weighted by Crippen LogP contribution is -2.54. The van der Waals surface area contributed by atoms with E-state index < -0.39 is 0 Å². The van der Waals surface area contributed by atoms with E-state index in [1.54, 1.807) is 6.92 Å². The van der Waals surface area contributed by atoms with Gasteiger partial charge in [0.25, 0.3) is 0 Å². The Bertz CT molecular complexity index is 615. The third kappa shape index (κ3) is 3.11. The first kappa shape index (κ1) is 19.3. The molecule has 0 unspecified atom stereocenters. The molecule has 0 aromatic rings. The fourth-order valence-corrected chi connectivity index (χ4v) is 7.91. The maximum absolute atomic E-state index is 11.6. The molecule has 0 spiro atoms. The molecule has 4 aliphatic carbocycles. The second-order valence-corrected chi connectivity index (χ2v) is 10.4. The Morgan fingerprint density at radius 3 is 2.15 bits per heavy atom. The van der Waals surface area contributed by atoms with Gasteiger partial charge < -0.3 is 9.47 Å². The van der Waals surface area contributed by atoms with E-state index in [0.717, 1.165) is 31.1 Å². The summed E-state index contributed by atoms with van der Waals surface area (Å²) >= 11 is 0. The summed E-state index contributed by atoms with van der Waals surface area (Å²) in [7, 11) is 0. The maximum Gasteiger partial charge on any atom is 0.302 e. The molecule has 0 saturated heterocycles. The molecule has 0 bridgehead atoms. The second kappa shape index (κ2) is 6.77. The number of hydrogen-bond acceptors (Lipinski definition) is 4. The van der Waals surface area contributed by atoms with Crippen LogP contribution in [0.5, 0.6) is 0 Å². The number of rotatable bonds is 2. The summed E-state index contributed by atoms with van der Waals surface area (Å²) in [5.74, 6) is 2.69. The summed E-state index contributed by atoms with van der Waals surface area (Å²) < 4.78 is 11.3. The van der Waals surface area contributed by atoms with Crippen LogP contribution in [0.3, 0.4) is 0 Å². The molecular weight excluding hydrogens is 340 g/mol. The zero-order chi connectivity index (χ0) is 19.4. The fourth-order valence-electron chi connectivity index (χ4n) is 7.91. The molecule has 4 aliphatic rings. The number of carbonyl (C=O) groups is 2. The molecule has 0 aromatic heterocycles. The quantitative estimate of drug-likeness (QED) is 0.644. The SMILES string of the molecule is CC(=O)O[C@H]1CC[C@@]2(C)[C@@H](CC[C@@H]3[C@@H]2CC[C@]2(C)[C@@H](OC(C)=O)CC[C@@H]32)C1. The second-order valence-electron chi connectivity index (χ2n) is 10.4. The van der Waals surface area contributed by atoms with Gasteiger partial charge in [-0.1, -0.05) is 13.8 Å². The van der Waals surface area contributed by atoms with E-state index in [0.29, 0.717) is 17.3 Å². The lowest BCUT2D eigenvalue weighted by molar-refractivity contribution is -0.167. The van der Waals surface area contributed by atoms with Crippen LogP contribution in [0.2, 0.25) is 0 Å². The van der Waals surface area contributed by atoms with Gasteiger partial charge in [0.15, 0.2) is 0 Å². The average molecular weight is 377 g/mol. The van der Waals surface area contributed by atoms with Crippen molar-refractivity contribution >= 4 is 11.9 Å². The van der Waals surface area contributed by atoms with Crippen molar-refractivity contribution in [2.24, 2.45) is 34.5 Å². The molecule has 0 aromatic carbocycles.